The summed E-state index contributed by atoms with van der Waals surface area (Å²) < 4.78 is 43.5. The number of hydrogen-bond acceptors (Lipinski definition) is 3. The Morgan fingerprint density at radius 3 is 2.33 bits per heavy atom. The van der Waals surface area contributed by atoms with Crippen LogP contribution in [0.4, 0.5) is 23.7 Å². The first-order valence-corrected chi connectivity index (χ1v) is 8.94. The van der Waals surface area contributed by atoms with E-state index in [1.807, 2.05) is 0 Å². The van der Waals surface area contributed by atoms with Crippen LogP contribution in [-0.2, 0) is 15.7 Å². The number of piperidine rings is 1. The number of nitrogens with one attached hydrogen (secondary N) is 1. The maximum Gasteiger partial charge on any atom is 0.416 e. The van der Waals surface area contributed by atoms with E-state index in [1.54, 1.807) is 4.90 Å². The topological polar surface area (TPSA) is 61.9 Å². The molecule has 6 nitrogen and oxygen atoms in total. The number of benzene rings is 1. The number of anilines is 1. The lowest BCUT2D eigenvalue weighted by molar-refractivity contribution is -0.141. The molecule has 2 heterocycles. The van der Waals surface area contributed by atoms with Crippen molar-refractivity contribution in [3.05, 3.63) is 29.8 Å². The molecule has 2 fully saturated rings. The Balaban J connectivity index is 1.52. The van der Waals surface area contributed by atoms with Gasteiger partial charge >= 0.3 is 12.2 Å². The molecule has 148 valence electrons. The molecule has 2 aliphatic heterocycles. The van der Waals surface area contributed by atoms with E-state index in [-0.39, 0.29) is 17.5 Å². The van der Waals surface area contributed by atoms with Crippen LogP contribution >= 0.6 is 0 Å². The van der Waals surface area contributed by atoms with Crippen molar-refractivity contribution in [2.75, 3.05) is 44.7 Å². The summed E-state index contributed by atoms with van der Waals surface area (Å²) in [7, 11) is 0. The molecule has 0 radical (unpaired) electrons. The highest BCUT2D eigenvalue weighted by atomic mass is 19.4. The summed E-state index contributed by atoms with van der Waals surface area (Å²) in [4.78, 5) is 28.2. The third-order valence-electron chi connectivity index (χ3n) is 4.90. The zero-order valence-electron chi connectivity index (χ0n) is 14.8. The largest absolute Gasteiger partial charge is 0.416 e. The molecule has 1 aromatic carbocycles. The number of rotatable bonds is 2. The number of nitrogens with zero attached hydrogens (tertiary/aromatic N) is 2. The van der Waals surface area contributed by atoms with Crippen LogP contribution in [0.15, 0.2) is 24.3 Å². The van der Waals surface area contributed by atoms with Gasteiger partial charge in [-0.2, -0.15) is 13.2 Å². The third kappa shape index (κ3) is 4.91. The van der Waals surface area contributed by atoms with Gasteiger partial charge in [0.25, 0.3) is 0 Å². The first-order valence-electron chi connectivity index (χ1n) is 8.94. The van der Waals surface area contributed by atoms with Crippen molar-refractivity contribution in [2.45, 2.75) is 19.0 Å². The van der Waals surface area contributed by atoms with Crippen LogP contribution in [0.3, 0.4) is 0 Å². The van der Waals surface area contributed by atoms with Gasteiger partial charge < -0.3 is 19.9 Å². The lowest BCUT2D eigenvalue weighted by Crippen LogP contribution is -2.48. The monoisotopic (exact) mass is 385 g/mol. The van der Waals surface area contributed by atoms with Gasteiger partial charge in [0.05, 0.1) is 18.8 Å². The summed E-state index contributed by atoms with van der Waals surface area (Å²) in [5.41, 5.74) is -0.712. The number of urea groups is 1. The van der Waals surface area contributed by atoms with E-state index >= 15 is 0 Å². The highest BCUT2D eigenvalue weighted by Gasteiger charge is 2.32. The summed E-state index contributed by atoms with van der Waals surface area (Å²) in [6.07, 6.45) is -3.36. The van der Waals surface area contributed by atoms with Crippen molar-refractivity contribution in [1.82, 2.24) is 9.80 Å². The highest BCUT2D eigenvalue weighted by Crippen LogP contribution is 2.30. The van der Waals surface area contributed by atoms with Gasteiger partial charge in [-0.25, -0.2) is 4.79 Å². The Kier molecular flexibility index (Phi) is 5.88. The van der Waals surface area contributed by atoms with E-state index in [2.05, 4.69) is 5.32 Å². The van der Waals surface area contributed by atoms with Crippen LogP contribution in [0.1, 0.15) is 18.4 Å². The van der Waals surface area contributed by atoms with Crippen molar-refractivity contribution >= 4 is 17.6 Å². The molecule has 0 aromatic heterocycles. The van der Waals surface area contributed by atoms with E-state index in [1.165, 1.54) is 17.0 Å². The van der Waals surface area contributed by atoms with Gasteiger partial charge in [0.1, 0.15) is 0 Å². The zero-order valence-corrected chi connectivity index (χ0v) is 14.8. The first-order chi connectivity index (χ1) is 12.8. The number of carbonyl (C=O) groups excluding carboxylic acids is 2. The smallest absolute Gasteiger partial charge is 0.378 e. The fraction of sp³-hybridized carbons (Fsp3) is 0.556. The minimum absolute atomic E-state index is 0.0937. The summed E-state index contributed by atoms with van der Waals surface area (Å²) in [6, 6.07) is 4.09. The van der Waals surface area contributed by atoms with Crippen molar-refractivity contribution < 1.29 is 27.5 Å². The molecule has 0 saturated carbocycles. The number of hydrogen-bond donors (Lipinski definition) is 1. The van der Waals surface area contributed by atoms with Crippen molar-refractivity contribution in [3.8, 4) is 0 Å². The molecule has 3 amide bonds. The van der Waals surface area contributed by atoms with Gasteiger partial charge in [-0.15, -0.1) is 0 Å². The number of likely N-dealkylation sites (tertiary alicyclic amines) is 1. The average molecular weight is 385 g/mol. The number of morpholine rings is 1. The van der Waals surface area contributed by atoms with Crippen LogP contribution < -0.4 is 5.32 Å². The van der Waals surface area contributed by atoms with Gasteiger partial charge in [0.15, 0.2) is 0 Å². The molecule has 27 heavy (non-hydrogen) atoms. The second-order valence-electron chi connectivity index (χ2n) is 6.71. The molecule has 1 N–H and O–H groups in total. The summed E-state index contributed by atoms with van der Waals surface area (Å²) in [5.74, 6) is -0.0306. The number of halogens is 3. The second kappa shape index (κ2) is 8.16. The van der Waals surface area contributed by atoms with Gasteiger partial charge in [0.2, 0.25) is 5.91 Å². The summed E-state index contributed by atoms with van der Waals surface area (Å²) in [5, 5.41) is 2.51. The molecule has 1 aromatic rings. The minimum Gasteiger partial charge on any atom is -0.378 e. The van der Waals surface area contributed by atoms with Gasteiger partial charge in [-0.3, -0.25) is 4.79 Å². The Labute approximate surface area is 155 Å². The van der Waals surface area contributed by atoms with Crippen LogP contribution in [0.5, 0.6) is 0 Å². The molecule has 3 rings (SSSR count). The lowest BCUT2D eigenvalue weighted by atomic mass is 9.95. The number of amides is 3. The normalized spacial score (nSPS) is 19.1. The van der Waals surface area contributed by atoms with Crippen LogP contribution in [0.25, 0.3) is 0 Å². The standard InChI is InChI=1S/C18H22F3N3O3/c19-18(20,21)14-2-1-3-15(12-14)22-17(26)24-6-4-13(5-7-24)16(25)23-8-10-27-11-9-23/h1-3,12-13H,4-11H2,(H,22,26). The van der Waals surface area contributed by atoms with E-state index in [0.717, 1.165) is 12.1 Å². The molecular formula is C18H22F3N3O3. The maximum atomic E-state index is 12.8. The Hall–Kier alpha value is -2.29. The molecular weight excluding hydrogens is 363 g/mol. The van der Waals surface area contributed by atoms with Crippen LogP contribution in [0.2, 0.25) is 0 Å². The van der Waals surface area contributed by atoms with E-state index in [0.29, 0.717) is 52.2 Å². The van der Waals surface area contributed by atoms with Crippen molar-refractivity contribution in [2.24, 2.45) is 5.92 Å². The SMILES string of the molecule is O=C(Nc1cccc(C(F)(F)F)c1)N1CCC(C(=O)N2CCOCC2)CC1. The molecule has 0 unspecified atom stereocenters. The second-order valence-corrected chi connectivity index (χ2v) is 6.71. The van der Waals surface area contributed by atoms with E-state index in [4.69, 9.17) is 4.74 Å². The van der Waals surface area contributed by atoms with Gasteiger partial charge in [-0.1, -0.05) is 6.07 Å². The first kappa shape index (κ1) is 19.5. The van der Waals surface area contributed by atoms with Crippen LogP contribution in [0, 0.1) is 5.92 Å². The third-order valence-corrected chi connectivity index (χ3v) is 4.90. The average Bonchev–Trinajstić information content (AvgIpc) is 2.68. The molecule has 0 spiro atoms. The van der Waals surface area contributed by atoms with Gasteiger partial charge in [0, 0.05) is 37.8 Å². The predicted octanol–water partition coefficient (Wildman–Crippen LogP) is 2.81. The molecule has 2 aliphatic rings. The van der Waals surface area contributed by atoms with E-state index < -0.39 is 17.8 Å². The number of carbonyl (C=O) groups is 2. The quantitative estimate of drug-likeness (QED) is 0.852. The number of alkyl halides is 3. The molecule has 0 atom stereocenters. The Morgan fingerprint density at radius 1 is 1.04 bits per heavy atom. The molecule has 0 bridgehead atoms. The predicted molar refractivity (Wildman–Crippen MR) is 92.2 cm³/mol. The Bertz CT molecular complexity index is 682. The number of ether oxygens (including phenoxy) is 1. The summed E-state index contributed by atoms with van der Waals surface area (Å²) in [6.45, 7) is 3.06. The van der Waals surface area contributed by atoms with E-state index in [9.17, 15) is 22.8 Å². The van der Waals surface area contributed by atoms with Gasteiger partial charge in [-0.05, 0) is 31.0 Å². The Morgan fingerprint density at radius 2 is 1.70 bits per heavy atom. The lowest BCUT2D eigenvalue weighted by Gasteiger charge is -2.35. The highest BCUT2D eigenvalue weighted by molar-refractivity contribution is 5.89. The molecule has 0 aliphatic carbocycles. The zero-order chi connectivity index (χ0) is 19.4. The fourth-order valence-electron chi connectivity index (χ4n) is 3.35. The molecule has 9 heteroatoms. The fourth-order valence-corrected chi connectivity index (χ4v) is 3.35. The van der Waals surface area contributed by atoms with Crippen molar-refractivity contribution in [1.29, 1.82) is 0 Å². The van der Waals surface area contributed by atoms with Crippen LogP contribution in [-0.4, -0.2) is 61.1 Å². The maximum absolute atomic E-state index is 12.8. The minimum atomic E-state index is -4.46. The molecule has 2 saturated heterocycles. The van der Waals surface area contributed by atoms with Crippen molar-refractivity contribution in [3.63, 3.8) is 0 Å². The summed E-state index contributed by atoms with van der Waals surface area (Å²) >= 11 is 0.